The second-order valence-corrected chi connectivity index (χ2v) is 21.2. The van der Waals surface area contributed by atoms with Crippen LogP contribution in [0.15, 0.2) is 106 Å². The van der Waals surface area contributed by atoms with Crippen molar-refractivity contribution in [2.24, 2.45) is 5.92 Å². The van der Waals surface area contributed by atoms with Crippen molar-refractivity contribution in [2.75, 3.05) is 25.2 Å². The molecule has 12 heteroatoms. The highest BCUT2D eigenvalue weighted by Gasteiger charge is 2.66. The minimum atomic E-state index is -2.49. The highest BCUT2D eigenvalue weighted by atomic mass is 79.9. The van der Waals surface area contributed by atoms with E-state index in [4.69, 9.17) is 9.47 Å². The van der Waals surface area contributed by atoms with Crippen LogP contribution in [-0.4, -0.2) is 72.1 Å². The molecule has 3 aliphatic rings. The van der Waals surface area contributed by atoms with E-state index in [1.807, 2.05) is 72.8 Å². The van der Waals surface area contributed by atoms with E-state index >= 15 is 4.79 Å². The minimum absolute atomic E-state index is 0.0542. The third-order valence-electron chi connectivity index (χ3n) is 12.3. The molecular formula is C43H45BrN4O6Si. The number of methoxy groups -OCH3 is 1. The first-order valence-electron chi connectivity index (χ1n) is 18.9. The summed E-state index contributed by atoms with van der Waals surface area (Å²) in [5, 5.41) is 17.1. The number of aromatic nitrogens is 2. The van der Waals surface area contributed by atoms with E-state index in [0.29, 0.717) is 17.6 Å². The van der Waals surface area contributed by atoms with Crippen molar-refractivity contribution in [1.82, 2.24) is 14.7 Å². The van der Waals surface area contributed by atoms with Crippen molar-refractivity contribution in [3.8, 4) is 11.4 Å². The zero-order chi connectivity index (χ0) is 38.6. The van der Waals surface area contributed by atoms with Gasteiger partial charge in [0, 0.05) is 27.9 Å². The van der Waals surface area contributed by atoms with E-state index in [2.05, 4.69) is 53.2 Å². The van der Waals surface area contributed by atoms with Gasteiger partial charge in [-0.25, -0.2) is 0 Å². The maximum absolute atomic E-state index is 15.3. The molecule has 0 saturated carbocycles. The summed E-state index contributed by atoms with van der Waals surface area (Å²) in [7, 11) is -0.836. The molecule has 2 saturated heterocycles. The average Bonchev–Trinajstić information content (AvgIpc) is 3.85. The number of rotatable bonds is 9. The quantitative estimate of drug-likeness (QED) is 0.174. The third kappa shape index (κ3) is 6.23. The predicted octanol–water partition coefficient (Wildman–Crippen LogP) is 6.29. The Hall–Kier alpha value is -4.62. The Morgan fingerprint density at radius 3 is 2.58 bits per heavy atom. The number of amides is 2. The highest BCUT2D eigenvalue weighted by Crippen LogP contribution is 2.60. The van der Waals surface area contributed by atoms with Gasteiger partial charge in [-0.15, -0.1) is 0 Å². The van der Waals surface area contributed by atoms with E-state index in [0.717, 1.165) is 45.3 Å². The molecule has 3 aliphatic heterocycles. The van der Waals surface area contributed by atoms with E-state index in [1.165, 1.54) is 9.87 Å². The molecule has 284 valence electrons. The molecule has 1 N–H and O–H groups in total. The molecule has 4 heterocycles. The fourth-order valence-corrected chi connectivity index (χ4v) is 13.9. The number of aliphatic hydroxyl groups is 1. The van der Waals surface area contributed by atoms with E-state index in [1.54, 1.807) is 29.2 Å². The summed E-state index contributed by atoms with van der Waals surface area (Å²) in [6.45, 7) is 7.48. The van der Waals surface area contributed by atoms with Gasteiger partial charge in [-0.3, -0.25) is 14.4 Å². The maximum Gasteiger partial charge on any atom is 0.279 e. The lowest BCUT2D eigenvalue weighted by molar-refractivity contribution is -0.150. The van der Waals surface area contributed by atoms with Crippen LogP contribution in [0.25, 0.3) is 16.5 Å². The first kappa shape index (κ1) is 37.3. The molecule has 0 aliphatic carbocycles. The first-order valence-corrected chi connectivity index (χ1v) is 22.8. The van der Waals surface area contributed by atoms with Gasteiger partial charge in [0.2, 0.25) is 5.91 Å². The summed E-state index contributed by atoms with van der Waals surface area (Å²) in [5.41, 5.74) is 1.27. The molecule has 0 radical (unpaired) electrons. The van der Waals surface area contributed by atoms with Crippen molar-refractivity contribution >= 4 is 57.5 Å². The second kappa shape index (κ2) is 14.5. The number of hydrogen-bond donors (Lipinski definition) is 1. The molecule has 4 aromatic carbocycles. The Labute approximate surface area is 329 Å². The number of hydrogen-bond acceptors (Lipinski definition) is 7. The van der Waals surface area contributed by atoms with Crippen LogP contribution in [0.2, 0.25) is 18.6 Å². The van der Waals surface area contributed by atoms with Crippen molar-refractivity contribution in [3.63, 3.8) is 0 Å². The summed E-state index contributed by atoms with van der Waals surface area (Å²) in [6, 6.07) is 28.8. The molecule has 1 aromatic heterocycles. The molecule has 10 nitrogen and oxygen atoms in total. The fourth-order valence-electron chi connectivity index (χ4n) is 9.53. The maximum atomic E-state index is 15.3. The Bertz CT molecular complexity index is 2350. The van der Waals surface area contributed by atoms with Gasteiger partial charge >= 0.3 is 0 Å². The average molecular weight is 822 g/mol. The number of nitrogens with zero attached hydrogens (tertiary/aromatic N) is 4. The molecular weight excluding hydrogens is 776 g/mol. The predicted molar refractivity (Wildman–Crippen MR) is 219 cm³/mol. The molecule has 2 amide bonds. The van der Waals surface area contributed by atoms with Gasteiger partial charge in [-0.05, 0) is 72.5 Å². The minimum Gasteiger partial charge on any atom is -0.497 e. The number of likely N-dealkylation sites (tertiary alicyclic amines) is 1. The van der Waals surface area contributed by atoms with Crippen LogP contribution in [0.4, 0.5) is 5.69 Å². The summed E-state index contributed by atoms with van der Waals surface area (Å²) >= 11 is 3.69. The Kier molecular flexibility index (Phi) is 9.81. The van der Waals surface area contributed by atoms with Crippen LogP contribution in [0.3, 0.4) is 0 Å². The summed E-state index contributed by atoms with van der Waals surface area (Å²) in [5.74, 6) is 0.246. The lowest BCUT2D eigenvalue weighted by atomic mass is 9.82. The van der Waals surface area contributed by atoms with Crippen LogP contribution in [-0.2, 0) is 26.5 Å². The van der Waals surface area contributed by atoms with E-state index in [-0.39, 0.29) is 54.4 Å². The number of aliphatic hydroxyl groups excluding tert-OH is 1. The molecule has 0 bridgehead atoms. The van der Waals surface area contributed by atoms with Crippen molar-refractivity contribution in [2.45, 2.75) is 69.1 Å². The van der Waals surface area contributed by atoms with Gasteiger partial charge in [-0.1, -0.05) is 83.6 Å². The largest absolute Gasteiger partial charge is 0.497 e. The summed E-state index contributed by atoms with van der Waals surface area (Å²) in [4.78, 5) is 46.5. The number of benzene rings is 4. The summed E-state index contributed by atoms with van der Waals surface area (Å²) < 4.78 is 14.9. The van der Waals surface area contributed by atoms with Gasteiger partial charge in [0.15, 0.2) is 5.60 Å². The normalized spacial score (nSPS) is 23.6. The number of fused-ring (bicyclic) bond motifs is 3. The molecule has 55 heavy (non-hydrogen) atoms. The van der Waals surface area contributed by atoms with Crippen LogP contribution in [0.1, 0.15) is 37.3 Å². The number of carbonyl (C=O) groups is 2. The molecule has 1 spiro atoms. The standard InChI is InChI=1S/C43H45BrN4O6Si/c1-27-40(55(3,4)34-17-15-33(53-2)16-18-34)38(23-39(50)46-20-8-12-32(46)26-49)54-43(27)36-22-30(44)14-19-37(36)47(42(43)52)25-28-9-7-11-31(21-28)48-41(51)35-13-6-5-10-29(35)24-45-48/h5-7,9-11,13-19,21-22,24,27,32,38,40,49H,8,12,20,23,25-26H2,1-4H3/t27-,32-,38+,40-,43+/m0/s1. The Morgan fingerprint density at radius 2 is 1.82 bits per heavy atom. The van der Waals surface area contributed by atoms with E-state index in [9.17, 15) is 14.7 Å². The van der Waals surface area contributed by atoms with Gasteiger partial charge < -0.3 is 24.4 Å². The SMILES string of the molecule is COc1ccc([Si](C)(C)[C@@H]2[C@@H](CC(=O)N3CCC[C@H]3CO)O[C@]3(C(=O)N(Cc4cccc(-n5ncc6ccccc6c5=O)c4)c4ccc(Br)cc43)[C@H]2C)cc1. The lowest BCUT2D eigenvalue weighted by Gasteiger charge is -2.37. The Morgan fingerprint density at radius 1 is 1.04 bits per heavy atom. The van der Waals surface area contributed by atoms with Crippen molar-refractivity contribution in [3.05, 3.63) is 123 Å². The number of halogens is 1. The molecule has 0 unspecified atom stereocenters. The third-order valence-corrected chi connectivity index (χ3v) is 17.1. The van der Waals surface area contributed by atoms with Crippen molar-refractivity contribution in [1.29, 1.82) is 0 Å². The zero-order valence-electron chi connectivity index (χ0n) is 31.4. The number of carbonyl (C=O) groups excluding carboxylic acids is 2. The van der Waals surface area contributed by atoms with Gasteiger partial charge in [0.25, 0.3) is 11.5 Å². The highest BCUT2D eigenvalue weighted by molar-refractivity contribution is 9.10. The second-order valence-electron chi connectivity index (χ2n) is 15.6. The van der Waals surface area contributed by atoms with Crippen LogP contribution in [0, 0.1) is 5.92 Å². The molecule has 2 fully saturated rings. The lowest BCUT2D eigenvalue weighted by Crippen LogP contribution is -2.52. The van der Waals surface area contributed by atoms with Gasteiger partial charge in [0.1, 0.15) is 5.75 Å². The molecule has 5 aromatic rings. The zero-order valence-corrected chi connectivity index (χ0v) is 34.0. The van der Waals surface area contributed by atoms with Crippen LogP contribution >= 0.6 is 15.9 Å². The molecule has 8 rings (SSSR count). The fraction of sp³-hybridized carbons (Fsp3) is 0.349. The molecule has 5 atom stereocenters. The van der Waals surface area contributed by atoms with Crippen LogP contribution in [0.5, 0.6) is 5.75 Å². The topological polar surface area (TPSA) is 114 Å². The smallest absolute Gasteiger partial charge is 0.279 e. The van der Waals surface area contributed by atoms with Gasteiger partial charge in [0.05, 0.1) is 69.9 Å². The number of ether oxygens (including phenoxy) is 2. The Balaban J connectivity index is 1.19. The summed E-state index contributed by atoms with van der Waals surface area (Å²) in [6.07, 6.45) is 2.87. The van der Waals surface area contributed by atoms with Gasteiger partial charge in [-0.2, -0.15) is 9.78 Å². The van der Waals surface area contributed by atoms with Crippen molar-refractivity contribution < 1.29 is 24.2 Å². The van der Waals surface area contributed by atoms with E-state index < -0.39 is 19.8 Å². The number of anilines is 1. The monoisotopic (exact) mass is 820 g/mol. The van der Waals surface area contributed by atoms with Crippen LogP contribution < -0.4 is 20.4 Å². The first-order chi connectivity index (χ1) is 26.5.